The summed E-state index contributed by atoms with van der Waals surface area (Å²) in [7, 11) is 1.98. The van der Waals surface area contributed by atoms with E-state index in [0.29, 0.717) is 30.9 Å². The van der Waals surface area contributed by atoms with Gasteiger partial charge >= 0.3 is 0 Å². The number of nitriles is 1. The van der Waals surface area contributed by atoms with Gasteiger partial charge in [0, 0.05) is 25.0 Å². The topological polar surface area (TPSA) is 100.0 Å². The molecule has 7 nitrogen and oxygen atoms in total. The quantitative estimate of drug-likeness (QED) is 0.866. The molecule has 1 aliphatic rings. The number of carbonyl (C=O) groups excluding carboxylic acids is 1. The number of rotatable bonds is 5. The molecule has 1 aromatic carbocycles. The summed E-state index contributed by atoms with van der Waals surface area (Å²) in [6, 6.07) is 11.7. The average molecular weight is 310 g/mol. The standard InChI is InChI=1S/C16H18N6O/c1-21-10-16(11-21,7-8-17)22-9-13(14(18)23)15(20-22)19-12-5-3-2-4-6-12/h2-6,9H,7,10-11H2,1H3,(H2,18,23)(H,19,20). The van der Waals surface area contributed by atoms with Crippen molar-refractivity contribution in [3.63, 3.8) is 0 Å². The Morgan fingerprint density at radius 3 is 2.70 bits per heavy atom. The Morgan fingerprint density at radius 2 is 2.13 bits per heavy atom. The summed E-state index contributed by atoms with van der Waals surface area (Å²) in [5.74, 6) is -0.134. The number of hydrogen-bond acceptors (Lipinski definition) is 5. The zero-order valence-corrected chi connectivity index (χ0v) is 12.9. The minimum Gasteiger partial charge on any atom is -0.365 e. The fourth-order valence-corrected chi connectivity index (χ4v) is 2.99. The number of nitrogens with two attached hydrogens (primary N) is 1. The van der Waals surface area contributed by atoms with Gasteiger partial charge < -0.3 is 16.0 Å². The van der Waals surface area contributed by atoms with E-state index in [9.17, 15) is 4.79 Å². The maximum atomic E-state index is 11.7. The van der Waals surface area contributed by atoms with Gasteiger partial charge in [0.1, 0.15) is 11.1 Å². The van der Waals surface area contributed by atoms with Crippen LogP contribution >= 0.6 is 0 Å². The minimum absolute atomic E-state index is 0.320. The molecule has 23 heavy (non-hydrogen) atoms. The van der Waals surface area contributed by atoms with Crippen molar-refractivity contribution in [2.75, 3.05) is 25.5 Å². The highest BCUT2D eigenvalue weighted by Gasteiger charge is 2.44. The molecule has 0 aliphatic carbocycles. The molecule has 1 aromatic heterocycles. The Hall–Kier alpha value is -2.85. The van der Waals surface area contributed by atoms with E-state index in [4.69, 9.17) is 11.0 Å². The third-order valence-corrected chi connectivity index (χ3v) is 4.04. The first kappa shape index (κ1) is 15.1. The van der Waals surface area contributed by atoms with Gasteiger partial charge in [0.2, 0.25) is 0 Å². The Bertz CT molecular complexity index is 755. The lowest BCUT2D eigenvalue weighted by Crippen LogP contribution is -2.61. The van der Waals surface area contributed by atoms with E-state index in [2.05, 4.69) is 21.4 Å². The van der Waals surface area contributed by atoms with Crippen molar-refractivity contribution in [3.8, 4) is 6.07 Å². The van der Waals surface area contributed by atoms with Gasteiger partial charge in [-0.25, -0.2) is 0 Å². The molecule has 1 aliphatic heterocycles. The van der Waals surface area contributed by atoms with Crippen LogP contribution in [0.2, 0.25) is 0 Å². The van der Waals surface area contributed by atoms with Gasteiger partial charge in [-0.1, -0.05) is 18.2 Å². The van der Waals surface area contributed by atoms with Crippen molar-refractivity contribution in [2.45, 2.75) is 12.0 Å². The minimum atomic E-state index is -0.547. The van der Waals surface area contributed by atoms with E-state index in [-0.39, 0.29) is 0 Å². The fraction of sp³-hybridized carbons (Fsp3) is 0.312. The van der Waals surface area contributed by atoms with Crippen molar-refractivity contribution >= 4 is 17.4 Å². The van der Waals surface area contributed by atoms with Crippen LogP contribution in [0.5, 0.6) is 0 Å². The van der Waals surface area contributed by atoms with E-state index in [0.717, 1.165) is 5.69 Å². The van der Waals surface area contributed by atoms with Crippen molar-refractivity contribution in [1.29, 1.82) is 5.26 Å². The molecule has 1 amide bonds. The molecule has 0 saturated carbocycles. The number of carbonyl (C=O) groups is 1. The number of primary amides is 1. The van der Waals surface area contributed by atoms with Crippen LogP contribution in [0.25, 0.3) is 0 Å². The summed E-state index contributed by atoms with van der Waals surface area (Å²) >= 11 is 0. The molecule has 0 spiro atoms. The molecule has 2 heterocycles. The summed E-state index contributed by atoms with van der Waals surface area (Å²) < 4.78 is 1.71. The van der Waals surface area contributed by atoms with Crippen LogP contribution in [0.15, 0.2) is 36.5 Å². The van der Waals surface area contributed by atoms with Crippen molar-refractivity contribution in [1.82, 2.24) is 14.7 Å². The number of likely N-dealkylation sites (tertiary alicyclic amines) is 1. The molecule has 0 atom stereocenters. The molecule has 3 rings (SSSR count). The van der Waals surface area contributed by atoms with Crippen LogP contribution in [0.4, 0.5) is 11.5 Å². The Balaban J connectivity index is 1.96. The Morgan fingerprint density at radius 1 is 1.43 bits per heavy atom. The highest BCUT2D eigenvalue weighted by atomic mass is 16.1. The van der Waals surface area contributed by atoms with Crippen LogP contribution in [0.1, 0.15) is 16.8 Å². The van der Waals surface area contributed by atoms with E-state index in [1.807, 2.05) is 37.4 Å². The number of para-hydroxylation sites is 1. The lowest BCUT2D eigenvalue weighted by Gasteiger charge is -2.47. The van der Waals surface area contributed by atoms with Crippen molar-refractivity contribution in [3.05, 3.63) is 42.1 Å². The monoisotopic (exact) mass is 310 g/mol. The maximum absolute atomic E-state index is 11.7. The molecule has 3 N–H and O–H groups in total. The maximum Gasteiger partial charge on any atom is 0.254 e. The number of nitrogens with zero attached hydrogens (tertiary/aromatic N) is 4. The summed E-state index contributed by atoms with van der Waals surface area (Å²) in [6.07, 6.45) is 1.97. The largest absolute Gasteiger partial charge is 0.365 e. The number of anilines is 2. The second-order valence-corrected chi connectivity index (χ2v) is 5.92. The van der Waals surface area contributed by atoms with Gasteiger partial charge in [0.15, 0.2) is 5.82 Å². The van der Waals surface area contributed by atoms with Crippen LogP contribution in [-0.4, -0.2) is 40.7 Å². The molecule has 118 valence electrons. The highest BCUT2D eigenvalue weighted by Crippen LogP contribution is 2.32. The van der Waals surface area contributed by atoms with E-state index >= 15 is 0 Å². The molecular formula is C16H18N6O. The van der Waals surface area contributed by atoms with Gasteiger partial charge in [-0.3, -0.25) is 9.48 Å². The smallest absolute Gasteiger partial charge is 0.254 e. The summed E-state index contributed by atoms with van der Waals surface area (Å²) in [5.41, 5.74) is 6.22. The van der Waals surface area contributed by atoms with Gasteiger partial charge in [-0.15, -0.1) is 0 Å². The van der Waals surface area contributed by atoms with Gasteiger partial charge in [-0.2, -0.15) is 10.4 Å². The molecule has 1 saturated heterocycles. The summed E-state index contributed by atoms with van der Waals surface area (Å²) in [6.45, 7) is 1.43. The normalized spacial score (nSPS) is 16.3. The van der Waals surface area contributed by atoms with Crippen molar-refractivity contribution < 1.29 is 4.79 Å². The van der Waals surface area contributed by atoms with E-state index in [1.165, 1.54) is 0 Å². The first-order valence-electron chi connectivity index (χ1n) is 7.32. The lowest BCUT2D eigenvalue weighted by molar-refractivity contribution is 0.0267. The predicted molar refractivity (Wildman–Crippen MR) is 86.2 cm³/mol. The van der Waals surface area contributed by atoms with Crippen molar-refractivity contribution in [2.24, 2.45) is 5.73 Å². The highest BCUT2D eigenvalue weighted by molar-refractivity contribution is 5.98. The van der Waals surface area contributed by atoms with Crippen LogP contribution in [0, 0.1) is 11.3 Å². The SMILES string of the molecule is CN1CC(CC#N)(n2cc(C(N)=O)c(Nc3ccccc3)n2)C1. The van der Waals surface area contributed by atoms with Crippen LogP contribution in [0.3, 0.4) is 0 Å². The predicted octanol–water partition coefficient (Wildman–Crippen LogP) is 1.28. The van der Waals surface area contributed by atoms with E-state index in [1.54, 1.807) is 10.9 Å². The fourth-order valence-electron chi connectivity index (χ4n) is 2.99. The number of benzene rings is 1. The van der Waals surface area contributed by atoms with Gasteiger partial charge in [0.05, 0.1) is 12.5 Å². The Labute approximate surface area is 134 Å². The Kier molecular flexibility index (Phi) is 3.76. The third-order valence-electron chi connectivity index (χ3n) is 4.04. The number of likely N-dealkylation sites (N-methyl/N-ethyl adjacent to an activating group) is 1. The van der Waals surface area contributed by atoms with Gasteiger partial charge in [0.25, 0.3) is 5.91 Å². The third kappa shape index (κ3) is 2.76. The lowest BCUT2D eigenvalue weighted by atomic mass is 9.87. The van der Waals surface area contributed by atoms with E-state index < -0.39 is 11.4 Å². The number of amides is 1. The second-order valence-electron chi connectivity index (χ2n) is 5.92. The zero-order valence-electron chi connectivity index (χ0n) is 12.9. The molecule has 2 aromatic rings. The van der Waals surface area contributed by atoms with Gasteiger partial charge in [-0.05, 0) is 19.2 Å². The number of nitrogens with one attached hydrogen (secondary N) is 1. The van der Waals surface area contributed by atoms with Crippen LogP contribution in [-0.2, 0) is 5.54 Å². The first-order valence-corrected chi connectivity index (χ1v) is 7.32. The summed E-state index contributed by atoms with van der Waals surface area (Å²) in [5, 5.41) is 16.7. The van der Waals surface area contributed by atoms with Crippen LogP contribution < -0.4 is 11.1 Å². The molecule has 1 fully saturated rings. The molecule has 0 bridgehead atoms. The molecule has 0 unspecified atom stereocenters. The number of aromatic nitrogens is 2. The first-order chi connectivity index (χ1) is 11.0. The number of hydrogen-bond donors (Lipinski definition) is 2. The summed E-state index contributed by atoms with van der Waals surface area (Å²) in [4.78, 5) is 13.8. The second kappa shape index (κ2) is 5.74. The average Bonchev–Trinajstić information content (AvgIpc) is 2.91. The molecular weight excluding hydrogens is 292 g/mol. The molecule has 0 radical (unpaired) electrons. The zero-order chi connectivity index (χ0) is 16.4. The molecule has 7 heteroatoms.